The second-order valence-electron chi connectivity index (χ2n) is 5.59. The maximum Gasteiger partial charge on any atom is 0.123 e. The van der Waals surface area contributed by atoms with Gasteiger partial charge in [0.15, 0.2) is 0 Å². The Morgan fingerprint density at radius 2 is 2.15 bits per heavy atom. The van der Waals surface area contributed by atoms with Crippen LogP contribution in [0.3, 0.4) is 0 Å². The van der Waals surface area contributed by atoms with E-state index in [-0.39, 0.29) is 0 Å². The summed E-state index contributed by atoms with van der Waals surface area (Å²) >= 11 is 0. The molecule has 0 bridgehead atoms. The van der Waals surface area contributed by atoms with E-state index in [1.54, 1.807) is 14.2 Å². The van der Waals surface area contributed by atoms with E-state index in [0.717, 1.165) is 37.1 Å². The Kier molecular flexibility index (Phi) is 5.68. The average molecular weight is 278 g/mol. The molecule has 0 spiro atoms. The minimum Gasteiger partial charge on any atom is -0.497 e. The molecule has 1 unspecified atom stereocenters. The van der Waals surface area contributed by atoms with E-state index < -0.39 is 0 Å². The quantitative estimate of drug-likeness (QED) is 0.864. The van der Waals surface area contributed by atoms with Gasteiger partial charge >= 0.3 is 0 Å². The van der Waals surface area contributed by atoms with Crippen LogP contribution in [-0.2, 0) is 6.54 Å². The lowest BCUT2D eigenvalue weighted by Gasteiger charge is -2.28. The Hall–Kier alpha value is -1.26. The molecule has 112 valence electrons. The van der Waals surface area contributed by atoms with Crippen molar-refractivity contribution in [3.8, 4) is 11.5 Å². The highest BCUT2D eigenvalue weighted by atomic mass is 16.5. The van der Waals surface area contributed by atoms with Gasteiger partial charge in [0.2, 0.25) is 0 Å². The highest BCUT2D eigenvalue weighted by Gasteiger charge is 2.16. The molecule has 1 aliphatic heterocycles. The number of hydrogen-bond acceptors (Lipinski definition) is 4. The lowest BCUT2D eigenvalue weighted by molar-refractivity contribution is 0.235. The van der Waals surface area contributed by atoms with Gasteiger partial charge in [0.05, 0.1) is 14.2 Å². The van der Waals surface area contributed by atoms with E-state index >= 15 is 0 Å². The molecule has 2 rings (SSSR count). The molecule has 1 saturated heterocycles. The van der Waals surface area contributed by atoms with Crippen LogP contribution in [0.15, 0.2) is 18.2 Å². The van der Waals surface area contributed by atoms with Crippen LogP contribution >= 0.6 is 0 Å². The van der Waals surface area contributed by atoms with Crippen molar-refractivity contribution in [3.63, 3.8) is 0 Å². The Labute approximate surface area is 122 Å². The molecule has 4 heteroatoms. The van der Waals surface area contributed by atoms with E-state index in [1.807, 2.05) is 12.1 Å². The van der Waals surface area contributed by atoms with E-state index in [1.165, 1.54) is 24.9 Å². The van der Waals surface area contributed by atoms with Gasteiger partial charge in [0.25, 0.3) is 0 Å². The third-order valence-electron chi connectivity index (χ3n) is 3.90. The maximum absolute atomic E-state index is 5.44. The number of nitrogens with zero attached hydrogens (tertiary/aromatic N) is 1. The van der Waals surface area contributed by atoms with Gasteiger partial charge in [0, 0.05) is 18.7 Å². The molecule has 1 atom stereocenters. The third-order valence-corrected chi connectivity index (χ3v) is 3.90. The van der Waals surface area contributed by atoms with Gasteiger partial charge in [-0.3, -0.25) is 0 Å². The van der Waals surface area contributed by atoms with Crippen LogP contribution in [0, 0.1) is 5.92 Å². The van der Waals surface area contributed by atoms with E-state index in [2.05, 4.69) is 23.3 Å². The molecule has 1 aliphatic rings. The summed E-state index contributed by atoms with van der Waals surface area (Å²) in [7, 11) is 5.59. The lowest BCUT2D eigenvalue weighted by Crippen LogP contribution is -2.36. The summed E-state index contributed by atoms with van der Waals surface area (Å²) in [5, 5.41) is 3.47. The second kappa shape index (κ2) is 7.50. The van der Waals surface area contributed by atoms with Gasteiger partial charge in [-0.2, -0.15) is 0 Å². The largest absolute Gasteiger partial charge is 0.497 e. The summed E-state index contributed by atoms with van der Waals surface area (Å²) in [5.74, 6) is 2.57. The van der Waals surface area contributed by atoms with Crippen LogP contribution in [0.4, 0.5) is 0 Å². The molecule has 1 aromatic carbocycles. The molecule has 0 aromatic heterocycles. The number of piperidine rings is 1. The molecule has 0 saturated carbocycles. The number of methoxy groups -OCH3 is 2. The molecule has 0 radical (unpaired) electrons. The number of rotatable bonds is 6. The molecular weight excluding hydrogens is 252 g/mol. The first-order chi connectivity index (χ1) is 9.72. The highest BCUT2D eigenvalue weighted by Crippen LogP contribution is 2.25. The molecule has 20 heavy (non-hydrogen) atoms. The highest BCUT2D eigenvalue weighted by molar-refractivity contribution is 5.40. The van der Waals surface area contributed by atoms with Crippen LogP contribution in [-0.4, -0.2) is 45.8 Å². The number of benzene rings is 1. The standard InChI is InChI=1S/C16H26N2O2/c1-18(11-13-5-4-8-17-10-13)12-14-9-15(19-2)6-7-16(14)20-3/h6-7,9,13,17H,4-5,8,10-12H2,1-3H3. The zero-order valence-corrected chi connectivity index (χ0v) is 12.8. The molecule has 1 heterocycles. The van der Waals surface area contributed by atoms with Crippen molar-refractivity contribution in [1.29, 1.82) is 0 Å². The number of ether oxygens (including phenoxy) is 2. The zero-order valence-electron chi connectivity index (χ0n) is 12.8. The Morgan fingerprint density at radius 3 is 2.80 bits per heavy atom. The van der Waals surface area contributed by atoms with Gasteiger partial charge in [0.1, 0.15) is 11.5 Å². The van der Waals surface area contributed by atoms with Crippen molar-refractivity contribution >= 4 is 0 Å². The Bertz CT molecular complexity index is 417. The SMILES string of the molecule is COc1ccc(OC)c(CN(C)CC2CCCNC2)c1. The van der Waals surface area contributed by atoms with Gasteiger partial charge < -0.3 is 19.7 Å². The van der Waals surface area contributed by atoms with Crippen LogP contribution in [0.5, 0.6) is 11.5 Å². The van der Waals surface area contributed by atoms with Gasteiger partial charge in [-0.25, -0.2) is 0 Å². The predicted molar refractivity (Wildman–Crippen MR) is 81.5 cm³/mol. The summed E-state index contributed by atoms with van der Waals surface area (Å²) in [6.45, 7) is 4.31. The summed E-state index contributed by atoms with van der Waals surface area (Å²) in [6.07, 6.45) is 2.62. The number of hydrogen-bond donors (Lipinski definition) is 1. The Balaban J connectivity index is 1.96. The zero-order chi connectivity index (χ0) is 14.4. The van der Waals surface area contributed by atoms with Gasteiger partial charge in [-0.15, -0.1) is 0 Å². The first-order valence-corrected chi connectivity index (χ1v) is 7.33. The first-order valence-electron chi connectivity index (χ1n) is 7.33. The van der Waals surface area contributed by atoms with Crippen LogP contribution in [0.2, 0.25) is 0 Å². The van der Waals surface area contributed by atoms with Crippen LogP contribution in [0.1, 0.15) is 18.4 Å². The van der Waals surface area contributed by atoms with Gasteiger partial charge in [-0.05, 0) is 57.1 Å². The predicted octanol–water partition coefficient (Wildman–Crippen LogP) is 2.14. The normalized spacial score (nSPS) is 19.1. The van der Waals surface area contributed by atoms with Crippen molar-refractivity contribution in [1.82, 2.24) is 10.2 Å². The van der Waals surface area contributed by atoms with Crippen molar-refractivity contribution < 1.29 is 9.47 Å². The molecule has 1 aromatic rings. The molecule has 0 aliphatic carbocycles. The fourth-order valence-electron chi connectivity index (χ4n) is 2.88. The van der Waals surface area contributed by atoms with E-state index in [0.29, 0.717) is 0 Å². The second-order valence-corrected chi connectivity index (χ2v) is 5.59. The van der Waals surface area contributed by atoms with Crippen molar-refractivity contribution in [2.45, 2.75) is 19.4 Å². The van der Waals surface area contributed by atoms with Crippen molar-refractivity contribution in [2.24, 2.45) is 5.92 Å². The average Bonchev–Trinajstić information content (AvgIpc) is 2.48. The minimum absolute atomic E-state index is 0.755. The summed E-state index contributed by atoms with van der Waals surface area (Å²) in [5.41, 5.74) is 1.18. The topological polar surface area (TPSA) is 33.7 Å². The van der Waals surface area contributed by atoms with E-state index in [4.69, 9.17) is 9.47 Å². The molecule has 0 amide bonds. The fraction of sp³-hybridized carbons (Fsp3) is 0.625. The lowest BCUT2D eigenvalue weighted by atomic mass is 9.99. The summed E-state index contributed by atoms with van der Waals surface area (Å²) in [4.78, 5) is 2.37. The Morgan fingerprint density at radius 1 is 1.30 bits per heavy atom. The van der Waals surface area contributed by atoms with Crippen LogP contribution in [0.25, 0.3) is 0 Å². The van der Waals surface area contributed by atoms with Crippen molar-refractivity contribution in [2.75, 3.05) is 40.9 Å². The molecule has 1 fully saturated rings. The van der Waals surface area contributed by atoms with E-state index in [9.17, 15) is 0 Å². The number of nitrogens with one attached hydrogen (secondary N) is 1. The molecule has 4 nitrogen and oxygen atoms in total. The monoisotopic (exact) mass is 278 g/mol. The fourth-order valence-corrected chi connectivity index (χ4v) is 2.88. The molecule has 1 N–H and O–H groups in total. The third kappa shape index (κ3) is 4.12. The smallest absolute Gasteiger partial charge is 0.123 e. The summed E-state index contributed by atoms with van der Waals surface area (Å²) < 4.78 is 10.7. The first kappa shape index (κ1) is 15.1. The summed E-state index contributed by atoms with van der Waals surface area (Å²) in [6, 6.07) is 5.98. The molecular formula is C16H26N2O2. The van der Waals surface area contributed by atoms with Crippen LogP contribution < -0.4 is 14.8 Å². The van der Waals surface area contributed by atoms with Crippen molar-refractivity contribution in [3.05, 3.63) is 23.8 Å². The maximum atomic E-state index is 5.44. The van der Waals surface area contributed by atoms with Gasteiger partial charge in [-0.1, -0.05) is 0 Å². The minimum atomic E-state index is 0.755.